The summed E-state index contributed by atoms with van der Waals surface area (Å²) in [6.45, 7) is 0. The first-order valence-electron chi connectivity index (χ1n) is 0. The van der Waals surface area contributed by atoms with E-state index in [1.807, 2.05) is 0 Å². The molecule has 0 aliphatic carbocycles. The van der Waals surface area contributed by atoms with Crippen LogP contribution in [0.15, 0.2) is 0 Å². The molecular formula is Li2Na2Ni2O9V2-10. The van der Waals surface area contributed by atoms with Gasteiger partial charge in [0.25, 0.3) is 0 Å². The molecule has 0 aliphatic heterocycles. The Morgan fingerprint density at radius 1 is 0.294 bits per heavy atom. The second kappa shape index (κ2) is 337. The first-order chi connectivity index (χ1) is 0. The molecule has 0 unspecified atom stereocenters. The van der Waals surface area contributed by atoms with Crippen molar-refractivity contribution in [3.05, 3.63) is 0 Å². The van der Waals surface area contributed by atoms with Crippen LogP contribution in [0.3, 0.4) is 0 Å². The fourth-order valence-corrected chi connectivity index (χ4v) is 0. The van der Waals surface area contributed by atoms with E-state index in [9.17, 15) is 0 Å². The maximum atomic E-state index is 0. The number of hydrogen-bond acceptors (Lipinski definition) is 0. The Morgan fingerprint density at radius 2 is 0.294 bits per heavy atom. The van der Waals surface area contributed by atoms with Gasteiger partial charge in [0.15, 0.2) is 0 Å². The summed E-state index contributed by atoms with van der Waals surface area (Å²) in [6, 6.07) is 0. The Balaban J connectivity index is 0. The molecule has 0 amide bonds. The summed E-state index contributed by atoms with van der Waals surface area (Å²) >= 11 is 0. The van der Waals surface area contributed by atoms with Gasteiger partial charge in [-0.3, -0.25) is 0 Å². The monoisotopic (exact) mass is 422 g/mol. The van der Waals surface area contributed by atoms with Crippen molar-refractivity contribution in [2.75, 3.05) is 0 Å². The summed E-state index contributed by atoms with van der Waals surface area (Å²) in [5.74, 6) is 0. The summed E-state index contributed by atoms with van der Waals surface area (Å²) in [5.41, 5.74) is 0. The molecule has 0 rings (SSSR count). The molecule has 2 radical (unpaired) electrons. The van der Waals surface area contributed by atoms with Gasteiger partial charge in [-0.25, -0.2) is 0 Å². The summed E-state index contributed by atoms with van der Waals surface area (Å²) in [4.78, 5) is 0. The van der Waals surface area contributed by atoms with Crippen molar-refractivity contribution < 1.29 is 216 Å². The van der Waals surface area contributed by atoms with Crippen molar-refractivity contribution in [1.29, 1.82) is 0 Å². The molecule has 0 aromatic heterocycles. The molecule has 17 heteroatoms. The Kier molecular flexibility index (Phi) is 7710. The van der Waals surface area contributed by atoms with Gasteiger partial charge < -0.3 is 49.3 Å². The predicted molar refractivity (Wildman–Crippen MR) is 6.18 cm³/mol. The molecule has 0 bridgehead atoms. The van der Waals surface area contributed by atoms with E-state index in [0.29, 0.717) is 0 Å². The Bertz CT molecular complexity index is 33.0. The van der Waals surface area contributed by atoms with E-state index < -0.39 is 0 Å². The molecule has 9 nitrogen and oxygen atoms in total. The van der Waals surface area contributed by atoms with E-state index >= 15 is 0 Å². The van der Waals surface area contributed by atoms with Crippen LogP contribution < -0.4 is 96.8 Å². The normalized spacial score (nSPS) is 0. The minimum Gasteiger partial charge on any atom is -2.00 e. The Labute approximate surface area is 212 Å². The maximum Gasteiger partial charge on any atom is 2.00 e. The SMILES string of the molecule is [Li+].[Li+].[Na+].[Na+].[Ni+2].[Ni+2].[O-2].[O-2].[O-2].[O-2].[O-2].[O-2].[O-2].[O-2].[O-2].[V].[V]. The van der Waals surface area contributed by atoms with E-state index in [1.165, 1.54) is 0 Å². The van der Waals surface area contributed by atoms with Crippen molar-refractivity contribution >= 4 is 0 Å². The topological polar surface area (TPSA) is 256 Å². The predicted octanol–water partition coefficient (Wildman–Crippen LogP) is -13.1. The van der Waals surface area contributed by atoms with Gasteiger partial charge in [0.1, 0.15) is 0 Å². The van der Waals surface area contributed by atoms with Crippen LogP contribution >= 0.6 is 0 Å². The molecule has 0 atom stereocenters. The van der Waals surface area contributed by atoms with Crippen molar-refractivity contribution in [1.82, 2.24) is 0 Å². The van der Waals surface area contributed by atoms with Crippen LogP contribution in [0.1, 0.15) is 0 Å². The van der Waals surface area contributed by atoms with Crippen LogP contribution in [0.5, 0.6) is 0 Å². The summed E-state index contributed by atoms with van der Waals surface area (Å²) in [7, 11) is 0. The minimum atomic E-state index is 0. The number of rotatable bonds is 0. The molecule has 0 heterocycles. The van der Waals surface area contributed by atoms with Crippen LogP contribution in [0.4, 0.5) is 0 Å². The summed E-state index contributed by atoms with van der Waals surface area (Å²) in [6.07, 6.45) is 0. The molecule has 98 valence electrons. The van der Waals surface area contributed by atoms with Crippen LogP contribution in [0.25, 0.3) is 0 Å². The second-order valence-electron chi connectivity index (χ2n) is 0. The van der Waals surface area contributed by atoms with Gasteiger partial charge in [-0.05, 0) is 0 Å². The molecule has 17 heavy (non-hydrogen) atoms. The van der Waals surface area contributed by atoms with Crippen molar-refractivity contribution in [3.8, 4) is 0 Å². The van der Waals surface area contributed by atoms with Gasteiger partial charge in [-0.1, -0.05) is 0 Å². The third-order valence-electron chi connectivity index (χ3n) is 0. The van der Waals surface area contributed by atoms with Crippen molar-refractivity contribution in [2.24, 2.45) is 0 Å². The molecule has 0 aliphatic rings. The average molecular weight is 423 g/mol. The van der Waals surface area contributed by atoms with Gasteiger partial charge in [0, 0.05) is 37.1 Å². The molecule has 0 saturated carbocycles. The molecule has 0 aromatic carbocycles. The van der Waals surface area contributed by atoms with Gasteiger partial charge in [0.05, 0.1) is 0 Å². The molecule has 0 fully saturated rings. The quantitative estimate of drug-likeness (QED) is 0.329. The molecule has 0 saturated heterocycles. The average Bonchev–Trinajstić information content (AvgIpc) is 0. The smallest absolute Gasteiger partial charge is 2.00 e. The van der Waals surface area contributed by atoms with Crippen molar-refractivity contribution in [3.63, 3.8) is 0 Å². The number of hydrogen-bond donors (Lipinski definition) is 0. The van der Waals surface area contributed by atoms with E-state index in [0.717, 1.165) is 0 Å². The zero-order valence-electron chi connectivity index (χ0n) is 9.20. The zero-order valence-corrected chi connectivity index (χ0v) is 18.0. The van der Waals surface area contributed by atoms with E-state index in [2.05, 4.69) is 0 Å². The Hall–Kier alpha value is 4.99. The molecule has 0 N–H and O–H groups in total. The largest absolute Gasteiger partial charge is 2.00 e. The van der Waals surface area contributed by atoms with Gasteiger partial charge in [-0.2, -0.15) is 0 Å². The molecule has 0 spiro atoms. The van der Waals surface area contributed by atoms with Crippen LogP contribution in [-0.2, 0) is 119 Å². The molecular weight excluding hydrogens is 423 g/mol. The van der Waals surface area contributed by atoms with Crippen LogP contribution in [0, 0.1) is 0 Å². The van der Waals surface area contributed by atoms with Gasteiger partial charge in [0.2, 0.25) is 0 Å². The third kappa shape index (κ3) is 304. The van der Waals surface area contributed by atoms with E-state index in [-0.39, 0.29) is 216 Å². The fraction of sp³-hybridized carbons (Fsp3) is 0. The van der Waals surface area contributed by atoms with E-state index in [4.69, 9.17) is 0 Å². The van der Waals surface area contributed by atoms with Crippen molar-refractivity contribution in [2.45, 2.75) is 0 Å². The van der Waals surface area contributed by atoms with Gasteiger partial charge in [-0.15, -0.1) is 0 Å². The van der Waals surface area contributed by atoms with Crippen LogP contribution in [0.2, 0.25) is 0 Å². The minimum absolute atomic E-state index is 0. The summed E-state index contributed by atoms with van der Waals surface area (Å²) in [5, 5.41) is 0. The second-order valence-corrected chi connectivity index (χ2v) is 0. The summed E-state index contributed by atoms with van der Waals surface area (Å²) < 4.78 is 0. The van der Waals surface area contributed by atoms with Gasteiger partial charge >= 0.3 is 130 Å². The van der Waals surface area contributed by atoms with E-state index in [1.54, 1.807) is 0 Å². The zero-order chi connectivity index (χ0) is 0. The first kappa shape index (κ1) is 389. The molecule has 0 aromatic rings. The Morgan fingerprint density at radius 3 is 0.294 bits per heavy atom. The van der Waals surface area contributed by atoms with Crippen LogP contribution in [-0.4, -0.2) is 0 Å². The fourth-order valence-electron chi connectivity index (χ4n) is 0. The third-order valence-corrected chi connectivity index (χ3v) is 0. The standard InChI is InChI=1S/2Li.2Na.2Ni.9O.2V/q4*+1;2*+2;9*-2;;. The maximum absolute atomic E-state index is 0. The first-order valence-corrected chi connectivity index (χ1v) is 0.